The fourth-order valence-corrected chi connectivity index (χ4v) is 4.26. The number of carbonyl (C=O) groups excluding carboxylic acids is 1. The van der Waals surface area contributed by atoms with Crippen molar-refractivity contribution < 1.29 is 14.3 Å². The zero-order chi connectivity index (χ0) is 22.5. The first-order valence-electron chi connectivity index (χ1n) is 11.6. The molecule has 0 aliphatic heterocycles. The number of ether oxygens (including phenoxy) is 2. The highest BCUT2D eigenvalue weighted by Crippen LogP contribution is 2.26. The zero-order valence-corrected chi connectivity index (χ0v) is 20.8. The molecule has 0 spiro atoms. The lowest BCUT2D eigenvalue weighted by Crippen LogP contribution is -2.42. The van der Waals surface area contributed by atoms with Crippen LogP contribution in [0.4, 0.5) is 4.79 Å². The summed E-state index contributed by atoms with van der Waals surface area (Å²) < 4.78 is 12.5. The van der Waals surface area contributed by atoms with E-state index < -0.39 is 0 Å². The number of unbranched alkanes of at least 4 members (excludes halogenated alkanes) is 4. The molecule has 5 nitrogen and oxygen atoms in total. The maximum absolute atomic E-state index is 12.4. The van der Waals surface area contributed by atoms with E-state index in [0.717, 1.165) is 56.3 Å². The van der Waals surface area contributed by atoms with Crippen molar-refractivity contribution in [1.29, 1.82) is 0 Å². The molecular weight excluding hydrogens is 456 g/mol. The summed E-state index contributed by atoms with van der Waals surface area (Å²) in [7, 11) is 3.98. The van der Waals surface area contributed by atoms with Crippen LogP contribution in [-0.2, 0) is 4.74 Å². The predicted molar refractivity (Wildman–Crippen MR) is 131 cm³/mol. The Hall–Kier alpha value is -1.37. The summed E-state index contributed by atoms with van der Waals surface area (Å²) in [6.45, 7) is 6.75. The van der Waals surface area contributed by atoms with Crippen LogP contribution in [0.3, 0.4) is 0 Å². The molecule has 0 atom stereocenters. The van der Waals surface area contributed by atoms with Gasteiger partial charge in [0.05, 0.1) is 6.10 Å². The van der Waals surface area contributed by atoms with Crippen LogP contribution < -0.4 is 4.74 Å². The number of benzene rings is 1. The number of rotatable bonds is 13. The lowest BCUT2D eigenvalue weighted by atomic mass is 9.92. The second-order valence-electron chi connectivity index (χ2n) is 8.55. The van der Waals surface area contributed by atoms with Crippen LogP contribution in [0.25, 0.3) is 0 Å². The molecule has 0 heterocycles. The van der Waals surface area contributed by atoms with Crippen LogP contribution in [0.15, 0.2) is 41.4 Å². The van der Waals surface area contributed by atoms with E-state index in [2.05, 4.69) is 34.5 Å². The summed E-state index contributed by atoms with van der Waals surface area (Å²) in [6, 6.07) is 7.55. The normalized spacial score (nSPS) is 18.7. The van der Waals surface area contributed by atoms with Crippen LogP contribution in [0.1, 0.15) is 57.8 Å². The SMILES string of the molecule is C=CCN(C)CCCCCCCOC1CCC(N(C)C(=O)Oc2ccc(Br)cc2)CC1. The molecule has 0 bridgehead atoms. The second-order valence-corrected chi connectivity index (χ2v) is 9.47. The maximum atomic E-state index is 12.4. The predicted octanol–water partition coefficient (Wildman–Crippen LogP) is 6.28. The molecule has 2 rings (SSSR count). The maximum Gasteiger partial charge on any atom is 0.415 e. The number of hydrogen-bond donors (Lipinski definition) is 0. The molecule has 1 amide bonds. The van der Waals surface area contributed by atoms with E-state index >= 15 is 0 Å². The summed E-state index contributed by atoms with van der Waals surface area (Å²) >= 11 is 3.39. The topological polar surface area (TPSA) is 42.0 Å². The smallest absolute Gasteiger partial charge is 0.410 e. The van der Waals surface area contributed by atoms with Crippen molar-refractivity contribution in [2.45, 2.75) is 69.9 Å². The Morgan fingerprint density at radius 1 is 1.06 bits per heavy atom. The summed E-state index contributed by atoms with van der Waals surface area (Å²) in [5.74, 6) is 0.570. The molecule has 0 radical (unpaired) electrons. The van der Waals surface area contributed by atoms with Gasteiger partial charge in [-0.25, -0.2) is 4.79 Å². The third kappa shape index (κ3) is 10.2. The highest BCUT2D eigenvalue weighted by atomic mass is 79.9. The van der Waals surface area contributed by atoms with Crippen molar-refractivity contribution >= 4 is 22.0 Å². The third-order valence-electron chi connectivity index (χ3n) is 5.98. The lowest BCUT2D eigenvalue weighted by molar-refractivity contribution is 0.0104. The molecular formula is C25H39BrN2O3. The van der Waals surface area contributed by atoms with E-state index in [0.29, 0.717) is 11.9 Å². The van der Waals surface area contributed by atoms with Gasteiger partial charge in [0.1, 0.15) is 5.75 Å². The molecule has 1 saturated carbocycles. The number of nitrogens with zero attached hydrogens (tertiary/aromatic N) is 2. The van der Waals surface area contributed by atoms with Gasteiger partial charge in [0.2, 0.25) is 0 Å². The molecule has 0 saturated heterocycles. The van der Waals surface area contributed by atoms with Crippen LogP contribution in [0, 0.1) is 0 Å². The highest BCUT2D eigenvalue weighted by molar-refractivity contribution is 9.10. The molecule has 0 aromatic heterocycles. The molecule has 6 heteroatoms. The Kier molecular flexibility index (Phi) is 12.2. The number of likely N-dealkylation sites (N-methyl/N-ethyl adjacent to an activating group) is 1. The van der Waals surface area contributed by atoms with Gasteiger partial charge in [-0.3, -0.25) is 0 Å². The first-order chi connectivity index (χ1) is 15.0. The van der Waals surface area contributed by atoms with Gasteiger partial charge in [0, 0.05) is 30.7 Å². The summed E-state index contributed by atoms with van der Waals surface area (Å²) in [5, 5.41) is 0. The van der Waals surface area contributed by atoms with Crippen molar-refractivity contribution in [2.24, 2.45) is 0 Å². The van der Waals surface area contributed by atoms with Crippen LogP contribution in [0.5, 0.6) is 5.75 Å². The molecule has 1 aromatic rings. The van der Waals surface area contributed by atoms with Crippen LogP contribution >= 0.6 is 15.9 Å². The van der Waals surface area contributed by atoms with E-state index in [-0.39, 0.29) is 12.1 Å². The van der Waals surface area contributed by atoms with Crippen LogP contribution in [0.2, 0.25) is 0 Å². The average molecular weight is 496 g/mol. The van der Waals surface area contributed by atoms with E-state index in [9.17, 15) is 4.79 Å². The van der Waals surface area contributed by atoms with Gasteiger partial charge in [-0.1, -0.05) is 41.3 Å². The zero-order valence-electron chi connectivity index (χ0n) is 19.2. The largest absolute Gasteiger partial charge is 0.415 e. The first-order valence-corrected chi connectivity index (χ1v) is 12.4. The fraction of sp³-hybridized carbons (Fsp3) is 0.640. The summed E-state index contributed by atoms with van der Waals surface area (Å²) in [4.78, 5) is 16.5. The van der Waals surface area contributed by atoms with Crippen molar-refractivity contribution in [3.63, 3.8) is 0 Å². The van der Waals surface area contributed by atoms with Gasteiger partial charge >= 0.3 is 6.09 Å². The van der Waals surface area contributed by atoms with Crippen molar-refractivity contribution in [3.05, 3.63) is 41.4 Å². The fourth-order valence-electron chi connectivity index (χ4n) is 4.00. The Morgan fingerprint density at radius 2 is 1.71 bits per heavy atom. The Morgan fingerprint density at radius 3 is 2.39 bits per heavy atom. The monoisotopic (exact) mass is 494 g/mol. The third-order valence-corrected chi connectivity index (χ3v) is 6.51. The minimum atomic E-state index is -0.289. The van der Waals surface area contributed by atoms with Gasteiger partial charge in [0.15, 0.2) is 0 Å². The Balaban J connectivity index is 1.52. The summed E-state index contributed by atoms with van der Waals surface area (Å²) in [6.07, 6.45) is 12.2. The van der Waals surface area contributed by atoms with E-state index in [1.54, 1.807) is 17.0 Å². The van der Waals surface area contributed by atoms with Gasteiger partial charge in [-0.2, -0.15) is 0 Å². The molecule has 0 unspecified atom stereocenters. The number of carbonyl (C=O) groups is 1. The van der Waals surface area contributed by atoms with Crippen molar-refractivity contribution in [1.82, 2.24) is 9.80 Å². The molecule has 1 aliphatic carbocycles. The summed E-state index contributed by atoms with van der Waals surface area (Å²) in [5.41, 5.74) is 0. The molecule has 0 N–H and O–H groups in total. The van der Waals surface area contributed by atoms with E-state index in [4.69, 9.17) is 9.47 Å². The first kappa shape index (κ1) is 25.9. The van der Waals surface area contributed by atoms with Gasteiger partial charge in [0.25, 0.3) is 0 Å². The van der Waals surface area contributed by atoms with Gasteiger partial charge in [-0.05, 0) is 76.4 Å². The highest BCUT2D eigenvalue weighted by Gasteiger charge is 2.27. The minimum Gasteiger partial charge on any atom is -0.410 e. The second kappa shape index (κ2) is 14.6. The van der Waals surface area contributed by atoms with Gasteiger partial charge < -0.3 is 19.3 Å². The van der Waals surface area contributed by atoms with Crippen molar-refractivity contribution in [3.8, 4) is 5.75 Å². The number of amides is 1. The Labute approximate surface area is 196 Å². The lowest BCUT2D eigenvalue weighted by Gasteiger charge is -2.34. The standard InChI is InChI=1S/C25H39BrN2O3/c1-4-18-27(2)19-8-6-5-7-9-20-30-23-16-12-22(13-17-23)28(3)25(29)31-24-14-10-21(26)11-15-24/h4,10-11,14-15,22-23H,1,5-9,12-13,16-20H2,2-3H3. The minimum absolute atomic E-state index is 0.224. The molecule has 1 aliphatic rings. The molecule has 31 heavy (non-hydrogen) atoms. The van der Waals surface area contributed by atoms with E-state index in [1.807, 2.05) is 25.3 Å². The quantitative estimate of drug-likeness (QED) is 0.239. The molecule has 174 valence electrons. The molecule has 1 fully saturated rings. The number of halogens is 1. The van der Waals surface area contributed by atoms with Crippen molar-refractivity contribution in [2.75, 3.05) is 33.8 Å². The van der Waals surface area contributed by atoms with E-state index in [1.165, 1.54) is 25.7 Å². The van der Waals surface area contributed by atoms with Crippen LogP contribution in [-0.4, -0.2) is 61.8 Å². The average Bonchev–Trinajstić information content (AvgIpc) is 2.77. The van der Waals surface area contributed by atoms with Gasteiger partial charge in [-0.15, -0.1) is 6.58 Å². The molecule has 1 aromatic carbocycles. The number of hydrogen-bond acceptors (Lipinski definition) is 4. The Bertz CT molecular complexity index is 645.